The van der Waals surface area contributed by atoms with Gasteiger partial charge >= 0.3 is 0 Å². The van der Waals surface area contributed by atoms with E-state index >= 15 is 0 Å². The van der Waals surface area contributed by atoms with Gasteiger partial charge in [-0.1, -0.05) is 23.4 Å². The SMILES string of the molecule is CN=C(NCc1oc2ccccc2c1C)N1CCN(Cc2ccon2)CC1.I. The van der Waals surface area contributed by atoms with Crippen molar-refractivity contribution in [3.05, 3.63) is 53.6 Å². The largest absolute Gasteiger partial charge is 0.459 e. The van der Waals surface area contributed by atoms with Crippen LogP contribution in [-0.4, -0.2) is 54.1 Å². The Morgan fingerprint density at radius 2 is 1.96 bits per heavy atom. The number of benzene rings is 1. The van der Waals surface area contributed by atoms with E-state index in [1.807, 2.05) is 31.3 Å². The zero-order valence-corrected chi connectivity index (χ0v) is 18.6. The fourth-order valence-electron chi connectivity index (χ4n) is 3.55. The van der Waals surface area contributed by atoms with Crippen molar-refractivity contribution in [3.8, 4) is 0 Å². The summed E-state index contributed by atoms with van der Waals surface area (Å²) in [6.45, 7) is 7.36. The Kier molecular flexibility index (Phi) is 6.95. The molecule has 1 fully saturated rings. The number of guanidine groups is 1. The third-order valence-electron chi connectivity index (χ3n) is 5.11. The van der Waals surface area contributed by atoms with E-state index in [1.165, 1.54) is 10.9 Å². The Balaban J connectivity index is 0.00000225. The molecule has 0 amide bonds. The second kappa shape index (κ2) is 9.42. The lowest BCUT2D eigenvalue weighted by Crippen LogP contribution is -2.52. The molecular weight excluding hydrogens is 469 g/mol. The topological polar surface area (TPSA) is 70.0 Å². The van der Waals surface area contributed by atoms with E-state index in [2.05, 4.69) is 38.3 Å². The standard InChI is InChI=1S/C20H25N5O2.HI/c1-15-17-5-3-4-6-18(17)27-19(15)13-22-20(21-2)25-10-8-24(9-11-25)14-16-7-12-26-23-16;/h3-7,12H,8-11,13-14H2,1-2H3,(H,21,22);1H. The number of nitrogens with zero attached hydrogens (tertiary/aromatic N) is 4. The van der Waals surface area contributed by atoms with Crippen molar-refractivity contribution >= 4 is 40.9 Å². The van der Waals surface area contributed by atoms with Gasteiger partial charge in [0, 0.05) is 56.8 Å². The molecule has 1 aliphatic heterocycles. The van der Waals surface area contributed by atoms with Gasteiger partial charge in [0.25, 0.3) is 0 Å². The lowest BCUT2D eigenvalue weighted by molar-refractivity contribution is 0.169. The van der Waals surface area contributed by atoms with Crippen molar-refractivity contribution in [2.45, 2.75) is 20.0 Å². The normalized spacial score (nSPS) is 15.6. The molecule has 0 aliphatic carbocycles. The highest BCUT2D eigenvalue weighted by molar-refractivity contribution is 14.0. The number of nitrogens with one attached hydrogen (secondary N) is 1. The third-order valence-corrected chi connectivity index (χ3v) is 5.11. The monoisotopic (exact) mass is 495 g/mol. The van der Waals surface area contributed by atoms with Gasteiger partial charge in [0.15, 0.2) is 5.96 Å². The molecule has 8 heteroatoms. The van der Waals surface area contributed by atoms with Gasteiger partial charge in [0.2, 0.25) is 0 Å². The lowest BCUT2D eigenvalue weighted by Gasteiger charge is -2.36. The average Bonchev–Trinajstić information content (AvgIpc) is 3.32. The number of aromatic nitrogens is 1. The van der Waals surface area contributed by atoms with E-state index in [9.17, 15) is 0 Å². The van der Waals surface area contributed by atoms with Crippen LogP contribution in [0.4, 0.5) is 0 Å². The van der Waals surface area contributed by atoms with E-state index in [0.717, 1.165) is 55.7 Å². The maximum absolute atomic E-state index is 6.00. The number of piperazine rings is 1. The minimum absolute atomic E-state index is 0. The molecule has 0 radical (unpaired) electrons. The quantitative estimate of drug-likeness (QED) is 0.341. The van der Waals surface area contributed by atoms with Crippen LogP contribution < -0.4 is 5.32 Å². The summed E-state index contributed by atoms with van der Waals surface area (Å²) in [5, 5.41) is 8.62. The zero-order chi connectivity index (χ0) is 18.6. The first kappa shape index (κ1) is 20.7. The Hall–Kier alpha value is -2.07. The van der Waals surface area contributed by atoms with Crippen molar-refractivity contribution in [2.24, 2.45) is 4.99 Å². The molecular formula is C20H26IN5O2. The first-order valence-corrected chi connectivity index (χ1v) is 9.29. The zero-order valence-electron chi connectivity index (χ0n) is 16.2. The van der Waals surface area contributed by atoms with Crippen LogP contribution in [0.5, 0.6) is 0 Å². The molecule has 150 valence electrons. The van der Waals surface area contributed by atoms with E-state index < -0.39 is 0 Å². The molecule has 1 N–H and O–H groups in total. The van der Waals surface area contributed by atoms with Crippen LogP contribution in [0.25, 0.3) is 11.0 Å². The van der Waals surface area contributed by atoms with E-state index in [-0.39, 0.29) is 24.0 Å². The van der Waals surface area contributed by atoms with Crippen LogP contribution in [-0.2, 0) is 13.1 Å². The summed E-state index contributed by atoms with van der Waals surface area (Å²) in [7, 11) is 1.83. The van der Waals surface area contributed by atoms with Gasteiger partial charge in [-0.15, -0.1) is 24.0 Å². The number of hydrogen-bond acceptors (Lipinski definition) is 5. The van der Waals surface area contributed by atoms with Crippen LogP contribution in [0, 0.1) is 6.92 Å². The molecule has 4 rings (SSSR count). The van der Waals surface area contributed by atoms with Crippen LogP contribution in [0.3, 0.4) is 0 Å². The van der Waals surface area contributed by atoms with Gasteiger partial charge in [-0.25, -0.2) is 0 Å². The highest BCUT2D eigenvalue weighted by Gasteiger charge is 2.20. The molecule has 1 saturated heterocycles. The molecule has 0 bridgehead atoms. The molecule has 0 spiro atoms. The predicted molar refractivity (Wildman–Crippen MR) is 120 cm³/mol. The molecule has 1 aromatic carbocycles. The molecule has 3 heterocycles. The number of hydrogen-bond donors (Lipinski definition) is 1. The number of aryl methyl sites for hydroxylation is 1. The van der Waals surface area contributed by atoms with Crippen molar-refractivity contribution < 1.29 is 8.94 Å². The van der Waals surface area contributed by atoms with Gasteiger partial charge in [-0.05, 0) is 13.0 Å². The van der Waals surface area contributed by atoms with Crippen molar-refractivity contribution in [2.75, 3.05) is 33.2 Å². The molecule has 28 heavy (non-hydrogen) atoms. The minimum Gasteiger partial charge on any atom is -0.459 e. The van der Waals surface area contributed by atoms with E-state index in [0.29, 0.717) is 6.54 Å². The number of halogens is 1. The third kappa shape index (κ3) is 4.49. The fourth-order valence-corrected chi connectivity index (χ4v) is 3.55. The number of rotatable bonds is 4. The molecule has 1 aliphatic rings. The lowest BCUT2D eigenvalue weighted by atomic mass is 10.1. The predicted octanol–water partition coefficient (Wildman–Crippen LogP) is 3.24. The number of fused-ring (bicyclic) bond motifs is 1. The number of para-hydroxylation sites is 1. The Bertz CT molecular complexity index is 914. The Labute approximate surface area is 181 Å². The maximum atomic E-state index is 6.00. The van der Waals surface area contributed by atoms with Crippen LogP contribution in [0.15, 0.2) is 50.5 Å². The first-order valence-electron chi connectivity index (χ1n) is 9.29. The highest BCUT2D eigenvalue weighted by atomic mass is 127. The van der Waals surface area contributed by atoms with Crippen LogP contribution in [0.2, 0.25) is 0 Å². The summed E-state index contributed by atoms with van der Waals surface area (Å²) < 4.78 is 10.9. The van der Waals surface area contributed by atoms with Gasteiger partial charge < -0.3 is 19.2 Å². The van der Waals surface area contributed by atoms with Crippen LogP contribution >= 0.6 is 24.0 Å². The summed E-state index contributed by atoms with van der Waals surface area (Å²) >= 11 is 0. The average molecular weight is 495 g/mol. The second-order valence-electron chi connectivity index (χ2n) is 6.80. The van der Waals surface area contributed by atoms with E-state index in [1.54, 1.807) is 6.26 Å². The summed E-state index contributed by atoms with van der Waals surface area (Å²) in [6, 6.07) is 10.1. The van der Waals surface area contributed by atoms with Gasteiger partial charge in [0.1, 0.15) is 17.6 Å². The number of aliphatic imine (C=N–C) groups is 1. The van der Waals surface area contributed by atoms with Crippen molar-refractivity contribution in [1.82, 2.24) is 20.3 Å². The fraction of sp³-hybridized carbons (Fsp3) is 0.400. The van der Waals surface area contributed by atoms with Gasteiger partial charge in [-0.2, -0.15) is 0 Å². The molecule has 3 aromatic rings. The minimum atomic E-state index is 0. The summed E-state index contributed by atoms with van der Waals surface area (Å²) in [5.41, 5.74) is 3.10. The Morgan fingerprint density at radius 1 is 1.18 bits per heavy atom. The molecule has 0 saturated carbocycles. The van der Waals surface area contributed by atoms with E-state index in [4.69, 9.17) is 8.94 Å². The first-order chi connectivity index (χ1) is 13.2. The van der Waals surface area contributed by atoms with Crippen molar-refractivity contribution in [1.29, 1.82) is 0 Å². The van der Waals surface area contributed by atoms with Gasteiger partial charge in [0.05, 0.1) is 12.2 Å². The second-order valence-corrected chi connectivity index (χ2v) is 6.80. The van der Waals surface area contributed by atoms with Crippen molar-refractivity contribution in [3.63, 3.8) is 0 Å². The highest BCUT2D eigenvalue weighted by Crippen LogP contribution is 2.24. The summed E-state index contributed by atoms with van der Waals surface area (Å²) in [5.74, 6) is 1.87. The Morgan fingerprint density at radius 3 is 2.64 bits per heavy atom. The molecule has 2 aromatic heterocycles. The summed E-state index contributed by atoms with van der Waals surface area (Å²) in [6.07, 6.45) is 1.62. The van der Waals surface area contributed by atoms with Gasteiger partial charge in [-0.3, -0.25) is 9.89 Å². The maximum Gasteiger partial charge on any atom is 0.194 e. The summed E-state index contributed by atoms with van der Waals surface area (Å²) in [4.78, 5) is 9.12. The molecule has 0 atom stereocenters. The smallest absolute Gasteiger partial charge is 0.194 e. The molecule has 0 unspecified atom stereocenters. The number of furan rings is 1. The van der Waals surface area contributed by atoms with Crippen LogP contribution in [0.1, 0.15) is 17.0 Å². The molecule has 7 nitrogen and oxygen atoms in total.